The maximum Gasteiger partial charge on any atom is 0.314 e. The molecule has 4 N–H and O–H groups in total. The van der Waals surface area contributed by atoms with Crippen molar-refractivity contribution >= 4 is 11.9 Å². The fourth-order valence-electron chi connectivity index (χ4n) is 3.00. The smallest absolute Gasteiger partial charge is 0.314 e. The zero-order valence-electron chi connectivity index (χ0n) is 13.4. The highest BCUT2D eigenvalue weighted by Crippen LogP contribution is 2.20. The molecule has 0 saturated carbocycles. The fourth-order valence-corrected chi connectivity index (χ4v) is 3.00. The van der Waals surface area contributed by atoms with Crippen LogP contribution in [0.2, 0.25) is 0 Å². The summed E-state index contributed by atoms with van der Waals surface area (Å²) in [5.41, 5.74) is 4.99. The minimum absolute atomic E-state index is 0.179. The number of nitrogens with zero attached hydrogens (tertiary/aromatic N) is 1. The predicted molar refractivity (Wildman–Crippen MR) is 83.8 cm³/mol. The van der Waals surface area contributed by atoms with E-state index in [1.165, 1.54) is 19.5 Å². The average molecular weight is 298 g/mol. The molecule has 0 spiro atoms. The third-order valence-corrected chi connectivity index (χ3v) is 3.79. The van der Waals surface area contributed by atoms with Crippen molar-refractivity contribution in [1.29, 1.82) is 0 Å². The van der Waals surface area contributed by atoms with E-state index in [0.29, 0.717) is 13.1 Å². The second-order valence-corrected chi connectivity index (χ2v) is 6.31. The Morgan fingerprint density at radius 3 is 2.33 bits per heavy atom. The molecule has 0 radical (unpaired) electrons. The zero-order chi connectivity index (χ0) is 15.7. The number of piperidine rings is 1. The normalized spacial score (nSPS) is 22.8. The Morgan fingerprint density at radius 2 is 1.71 bits per heavy atom. The first-order valence-corrected chi connectivity index (χ1v) is 7.99. The van der Waals surface area contributed by atoms with Crippen molar-refractivity contribution in [3.8, 4) is 0 Å². The van der Waals surface area contributed by atoms with E-state index in [0.717, 1.165) is 31.2 Å². The molecule has 2 atom stereocenters. The van der Waals surface area contributed by atoms with Gasteiger partial charge in [0, 0.05) is 32.6 Å². The third kappa shape index (κ3) is 8.55. The molecule has 1 aliphatic heterocycles. The number of hydrogen-bond donors (Lipinski definition) is 3. The molecule has 6 nitrogen and oxygen atoms in total. The lowest BCUT2D eigenvalue weighted by molar-refractivity contribution is -0.117. The molecule has 0 aromatic carbocycles. The van der Waals surface area contributed by atoms with Crippen LogP contribution in [-0.4, -0.2) is 49.6 Å². The molecule has 0 aromatic rings. The van der Waals surface area contributed by atoms with E-state index in [-0.39, 0.29) is 12.5 Å². The molecule has 0 bridgehead atoms. The van der Waals surface area contributed by atoms with Crippen LogP contribution < -0.4 is 16.4 Å². The van der Waals surface area contributed by atoms with Gasteiger partial charge < -0.3 is 21.3 Å². The van der Waals surface area contributed by atoms with Crippen molar-refractivity contribution in [2.45, 2.75) is 39.5 Å². The Labute approximate surface area is 127 Å². The molecule has 6 heteroatoms. The molecule has 1 fully saturated rings. The lowest BCUT2D eigenvalue weighted by Gasteiger charge is -2.34. The van der Waals surface area contributed by atoms with Gasteiger partial charge in [0.2, 0.25) is 5.91 Å². The van der Waals surface area contributed by atoms with E-state index >= 15 is 0 Å². The standard InChI is InChI=1S/C15H30N4O2/c1-12-9-13(2)11-19(10-12)8-4-3-6-17-15(21)18-7-5-14(16)20/h12-13H,3-11H2,1-2H3,(H2,16,20)(H2,17,18,21). The topological polar surface area (TPSA) is 87.5 Å². The highest BCUT2D eigenvalue weighted by atomic mass is 16.2. The van der Waals surface area contributed by atoms with Crippen LogP contribution in [0.25, 0.3) is 0 Å². The van der Waals surface area contributed by atoms with Crippen molar-refractivity contribution in [2.75, 3.05) is 32.7 Å². The van der Waals surface area contributed by atoms with E-state index in [9.17, 15) is 9.59 Å². The van der Waals surface area contributed by atoms with Crippen LogP contribution in [0.1, 0.15) is 39.5 Å². The SMILES string of the molecule is CC1CC(C)CN(CCCCNC(=O)NCCC(N)=O)C1. The summed E-state index contributed by atoms with van der Waals surface area (Å²) >= 11 is 0. The summed E-state index contributed by atoms with van der Waals surface area (Å²) in [6.07, 6.45) is 3.59. The van der Waals surface area contributed by atoms with Crippen molar-refractivity contribution in [3.05, 3.63) is 0 Å². The van der Waals surface area contributed by atoms with Gasteiger partial charge >= 0.3 is 6.03 Å². The minimum Gasteiger partial charge on any atom is -0.370 e. The van der Waals surface area contributed by atoms with Gasteiger partial charge in [-0.1, -0.05) is 13.8 Å². The van der Waals surface area contributed by atoms with E-state index in [1.54, 1.807) is 0 Å². The number of amides is 3. The first-order valence-electron chi connectivity index (χ1n) is 7.99. The number of hydrogen-bond acceptors (Lipinski definition) is 3. The van der Waals surface area contributed by atoms with Gasteiger partial charge in [-0.25, -0.2) is 4.79 Å². The van der Waals surface area contributed by atoms with Gasteiger partial charge in [0.1, 0.15) is 0 Å². The molecule has 3 amide bonds. The van der Waals surface area contributed by atoms with Crippen LogP contribution in [0, 0.1) is 11.8 Å². The number of likely N-dealkylation sites (tertiary alicyclic amines) is 1. The van der Waals surface area contributed by atoms with Crippen LogP contribution in [0.15, 0.2) is 0 Å². The van der Waals surface area contributed by atoms with Gasteiger partial charge in [0.25, 0.3) is 0 Å². The molecule has 122 valence electrons. The lowest BCUT2D eigenvalue weighted by Crippen LogP contribution is -2.40. The summed E-state index contributed by atoms with van der Waals surface area (Å²) in [4.78, 5) is 24.4. The number of nitrogens with one attached hydrogen (secondary N) is 2. The molecule has 0 aliphatic carbocycles. The van der Waals surface area contributed by atoms with Crippen LogP contribution in [0.3, 0.4) is 0 Å². The monoisotopic (exact) mass is 298 g/mol. The average Bonchev–Trinajstić information content (AvgIpc) is 2.36. The van der Waals surface area contributed by atoms with Crippen molar-refractivity contribution < 1.29 is 9.59 Å². The van der Waals surface area contributed by atoms with E-state index < -0.39 is 5.91 Å². The van der Waals surface area contributed by atoms with E-state index in [2.05, 4.69) is 29.4 Å². The highest BCUT2D eigenvalue weighted by Gasteiger charge is 2.20. The molecule has 1 aliphatic rings. The Kier molecular flexibility index (Phi) is 8.12. The van der Waals surface area contributed by atoms with Crippen LogP contribution in [0.5, 0.6) is 0 Å². The molecule has 0 aromatic heterocycles. The number of urea groups is 1. The Bertz CT molecular complexity index is 326. The van der Waals surface area contributed by atoms with Crippen molar-refractivity contribution in [1.82, 2.24) is 15.5 Å². The van der Waals surface area contributed by atoms with Crippen molar-refractivity contribution in [3.63, 3.8) is 0 Å². The minimum atomic E-state index is -0.403. The summed E-state index contributed by atoms with van der Waals surface area (Å²) in [5.74, 6) is 1.19. The van der Waals surface area contributed by atoms with Crippen molar-refractivity contribution in [2.24, 2.45) is 17.6 Å². The second kappa shape index (κ2) is 9.60. The van der Waals surface area contributed by atoms with E-state index in [4.69, 9.17) is 5.73 Å². The Hall–Kier alpha value is -1.30. The first-order chi connectivity index (χ1) is 9.97. The fraction of sp³-hybridized carbons (Fsp3) is 0.867. The summed E-state index contributed by atoms with van der Waals surface area (Å²) in [6, 6.07) is -0.225. The van der Waals surface area contributed by atoms with Crippen LogP contribution in [0.4, 0.5) is 4.79 Å². The maximum absolute atomic E-state index is 11.4. The maximum atomic E-state index is 11.4. The van der Waals surface area contributed by atoms with Gasteiger partial charge in [0.05, 0.1) is 0 Å². The summed E-state index contributed by atoms with van der Waals surface area (Å²) in [7, 11) is 0. The zero-order valence-corrected chi connectivity index (χ0v) is 13.4. The van der Waals surface area contributed by atoms with Gasteiger partial charge in [-0.2, -0.15) is 0 Å². The Balaban J connectivity index is 1.99. The molecule has 1 rings (SSSR count). The van der Waals surface area contributed by atoms with Gasteiger partial charge in [-0.05, 0) is 37.6 Å². The number of unbranched alkanes of at least 4 members (excludes halogenated alkanes) is 1. The first kappa shape index (κ1) is 17.8. The molecule has 2 unspecified atom stereocenters. The molecule has 1 saturated heterocycles. The lowest BCUT2D eigenvalue weighted by atomic mass is 9.92. The molecule has 21 heavy (non-hydrogen) atoms. The molecular formula is C15H30N4O2. The number of nitrogens with two attached hydrogens (primary N) is 1. The number of carbonyl (C=O) groups excluding carboxylic acids is 2. The van der Waals surface area contributed by atoms with Gasteiger partial charge in [-0.15, -0.1) is 0 Å². The van der Waals surface area contributed by atoms with Gasteiger partial charge in [0.15, 0.2) is 0 Å². The molecular weight excluding hydrogens is 268 g/mol. The quantitative estimate of drug-likeness (QED) is 0.582. The Morgan fingerprint density at radius 1 is 1.10 bits per heavy atom. The highest BCUT2D eigenvalue weighted by molar-refractivity contribution is 5.76. The van der Waals surface area contributed by atoms with E-state index in [1.807, 2.05) is 0 Å². The predicted octanol–water partition coefficient (Wildman–Crippen LogP) is 0.919. The summed E-state index contributed by atoms with van der Waals surface area (Å²) in [6.45, 7) is 9.11. The number of carbonyl (C=O) groups is 2. The van der Waals surface area contributed by atoms with Gasteiger partial charge in [-0.3, -0.25) is 4.79 Å². The summed E-state index contributed by atoms with van der Waals surface area (Å²) < 4.78 is 0. The second-order valence-electron chi connectivity index (χ2n) is 6.31. The summed E-state index contributed by atoms with van der Waals surface area (Å²) in [5, 5.41) is 5.40. The molecule has 1 heterocycles. The van der Waals surface area contributed by atoms with Crippen LogP contribution >= 0.6 is 0 Å². The third-order valence-electron chi connectivity index (χ3n) is 3.79. The number of rotatable bonds is 8. The van der Waals surface area contributed by atoms with Crippen LogP contribution in [-0.2, 0) is 4.79 Å². The number of primary amides is 1. The largest absolute Gasteiger partial charge is 0.370 e.